The summed E-state index contributed by atoms with van der Waals surface area (Å²) in [5.74, 6) is 0.592. The molecule has 32 heavy (non-hydrogen) atoms. The lowest BCUT2D eigenvalue weighted by molar-refractivity contribution is -0.133. The van der Waals surface area contributed by atoms with Crippen LogP contribution in [-0.4, -0.2) is 39.4 Å². The lowest BCUT2D eigenvalue weighted by Crippen LogP contribution is -2.46. The number of unbranched alkanes of at least 4 members (excludes halogenated alkanes) is 1. The van der Waals surface area contributed by atoms with Gasteiger partial charge in [-0.3, -0.25) is 4.79 Å². The van der Waals surface area contributed by atoms with E-state index >= 15 is 0 Å². The molecule has 0 saturated heterocycles. The number of furan rings is 1. The number of rotatable bonds is 11. The predicted octanol–water partition coefficient (Wildman–Crippen LogP) is 4.16. The molecule has 3 rings (SSSR count). The number of urea groups is 1. The smallest absolute Gasteiger partial charge is 0.318 e. The van der Waals surface area contributed by atoms with Gasteiger partial charge >= 0.3 is 6.03 Å². The molecule has 0 unspecified atom stereocenters. The van der Waals surface area contributed by atoms with Crippen LogP contribution >= 0.6 is 0 Å². The molecule has 0 aliphatic rings. The topological polar surface area (TPSA) is 70.7 Å². The maximum Gasteiger partial charge on any atom is 0.318 e. The fourth-order valence-electron chi connectivity index (χ4n) is 3.43. The van der Waals surface area contributed by atoms with Gasteiger partial charge in [0.1, 0.15) is 12.3 Å². The van der Waals surface area contributed by atoms with Gasteiger partial charge < -0.3 is 24.1 Å². The molecule has 7 nitrogen and oxygen atoms in total. The number of aromatic nitrogens is 1. The molecule has 2 heterocycles. The molecule has 2 aromatic heterocycles. The predicted molar refractivity (Wildman–Crippen MR) is 124 cm³/mol. The number of amides is 3. The van der Waals surface area contributed by atoms with Crippen LogP contribution in [0.25, 0.3) is 0 Å². The highest BCUT2D eigenvalue weighted by Gasteiger charge is 2.22. The zero-order valence-corrected chi connectivity index (χ0v) is 18.9. The van der Waals surface area contributed by atoms with Crippen LogP contribution in [0, 0.1) is 0 Å². The summed E-state index contributed by atoms with van der Waals surface area (Å²) in [6.07, 6.45) is 5.33. The fourth-order valence-corrected chi connectivity index (χ4v) is 3.43. The molecule has 3 amide bonds. The van der Waals surface area contributed by atoms with Crippen molar-refractivity contribution in [3.8, 4) is 0 Å². The molecule has 0 bridgehead atoms. The Hall–Kier alpha value is -3.48. The highest BCUT2D eigenvalue weighted by atomic mass is 16.3. The minimum absolute atomic E-state index is 0.0196. The molecule has 0 radical (unpaired) electrons. The molecule has 1 aromatic carbocycles. The largest absolute Gasteiger partial charge is 0.467 e. The number of aryl methyl sites for hydroxylation is 1. The highest BCUT2D eigenvalue weighted by molar-refractivity contribution is 5.84. The highest BCUT2D eigenvalue weighted by Crippen LogP contribution is 2.12. The Balaban J connectivity index is 1.68. The first kappa shape index (κ1) is 23.2. The van der Waals surface area contributed by atoms with Gasteiger partial charge in [-0.05, 0) is 36.2 Å². The third-order valence-corrected chi connectivity index (χ3v) is 5.37. The summed E-state index contributed by atoms with van der Waals surface area (Å²) < 4.78 is 7.46. The maximum absolute atomic E-state index is 13.3. The second-order valence-electron chi connectivity index (χ2n) is 7.86. The number of carbonyl (C=O) groups excluding carboxylic acids is 2. The summed E-state index contributed by atoms with van der Waals surface area (Å²) in [6.45, 7) is 3.84. The van der Waals surface area contributed by atoms with Crippen molar-refractivity contribution in [2.24, 2.45) is 7.05 Å². The van der Waals surface area contributed by atoms with Crippen molar-refractivity contribution in [2.75, 3.05) is 13.1 Å². The van der Waals surface area contributed by atoms with E-state index in [0.717, 1.165) is 24.1 Å². The standard InChI is InChI=1S/C25H32N4O3/c1-3-4-15-28(25(31)26-17-21-10-6-5-7-11-21)20-24(30)29(19-23-13-9-16-32-23)18-22-12-8-14-27(22)2/h5-14,16H,3-4,15,17-20H2,1-2H3,(H,26,31). The van der Waals surface area contributed by atoms with Crippen LogP contribution in [0.4, 0.5) is 4.79 Å². The third-order valence-electron chi connectivity index (χ3n) is 5.37. The van der Waals surface area contributed by atoms with E-state index in [-0.39, 0.29) is 18.5 Å². The first-order chi connectivity index (χ1) is 15.6. The van der Waals surface area contributed by atoms with Crippen molar-refractivity contribution in [1.29, 1.82) is 0 Å². The summed E-state index contributed by atoms with van der Waals surface area (Å²) >= 11 is 0. The SMILES string of the molecule is CCCCN(CC(=O)N(Cc1ccco1)Cc1cccn1C)C(=O)NCc1ccccc1. The van der Waals surface area contributed by atoms with Crippen LogP contribution in [0.2, 0.25) is 0 Å². The van der Waals surface area contributed by atoms with E-state index in [1.165, 1.54) is 0 Å². The number of nitrogens with one attached hydrogen (secondary N) is 1. The lowest BCUT2D eigenvalue weighted by atomic mass is 10.2. The van der Waals surface area contributed by atoms with Crippen LogP contribution in [0.15, 0.2) is 71.5 Å². The van der Waals surface area contributed by atoms with E-state index < -0.39 is 0 Å². The van der Waals surface area contributed by atoms with E-state index in [0.29, 0.717) is 31.9 Å². The molecular weight excluding hydrogens is 404 g/mol. The summed E-state index contributed by atoms with van der Waals surface area (Å²) in [5, 5.41) is 2.95. The molecule has 170 valence electrons. The minimum atomic E-state index is -0.229. The number of hydrogen-bond donors (Lipinski definition) is 1. The lowest BCUT2D eigenvalue weighted by Gasteiger charge is -2.27. The number of carbonyl (C=O) groups is 2. The van der Waals surface area contributed by atoms with Crippen molar-refractivity contribution < 1.29 is 14.0 Å². The van der Waals surface area contributed by atoms with Gasteiger partial charge in [0.25, 0.3) is 0 Å². The molecular formula is C25H32N4O3. The Morgan fingerprint density at radius 2 is 1.81 bits per heavy atom. The third kappa shape index (κ3) is 6.77. The molecule has 3 aromatic rings. The van der Waals surface area contributed by atoms with E-state index in [9.17, 15) is 9.59 Å². The maximum atomic E-state index is 13.3. The number of hydrogen-bond acceptors (Lipinski definition) is 3. The summed E-state index contributed by atoms with van der Waals surface area (Å²) in [5.41, 5.74) is 2.03. The van der Waals surface area contributed by atoms with Crippen LogP contribution < -0.4 is 5.32 Å². The average Bonchev–Trinajstić information content (AvgIpc) is 3.47. The van der Waals surface area contributed by atoms with Crippen molar-refractivity contribution in [3.63, 3.8) is 0 Å². The van der Waals surface area contributed by atoms with Crippen LogP contribution in [0.1, 0.15) is 36.8 Å². The van der Waals surface area contributed by atoms with Gasteiger partial charge in [-0.1, -0.05) is 43.7 Å². The van der Waals surface area contributed by atoms with Gasteiger partial charge in [-0.25, -0.2) is 4.79 Å². The van der Waals surface area contributed by atoms with E-state index in [1.54, 1.807) is 16.1 Å². The Morgan fingerprint density at radius 1 is 1.00 bits per heavy atom. The summed E-state index contributed by atoms with van der Waals surface area (Å²) in [7, 11) is 1.95. The van der Waals surface area contributed by atoms with Gasteiger partial charge in [0, 0.05) is 32.0 Å². The summed E-state index contributed by atoms with van der Waals surface area (Å²) in [6, 6.07) is 17.1. The molecule has 0 aliphatic carbocycles. The molecule has 1 N–H and O–H groups in total. The van der Waals surface area contributed by atoms with Crippen molar-refractivity contribution in [3.05, 3.63) is 84.1 Å². The van der Waals surface area contributed by atoms with Gasteiger partial charge in [0.05, 0.1) is 19.4 Å². The van der Waals surface area contributed by atoms with Gasteiger partial charge in [-0.15, -0.1) is 0 Å². The van der Waals surface area contributed by atoms with Crippen molar-refractivity contribution in [1.82, 2.24) is 19.7 Å². The van der Waals surface area contributed by atoms with E-state index in [2.05, 4.69) is 12.2 Å². The molecule has 7 heteroatoms. The molecule has 0 atom stereocenters. The second-order valence-corrected chi connectivity index (χ2v) is 7.86. The fraction of sp³-hybridized carbons (Fsp3) is 0.360. The minimum Gasteiger partial charge on any atom is -0.467 e. The normalized spacial score (nSPS) is 10.7. The molecule has 0 aliphatic heterocycles. The molecule has 0 spiro atoms. The van der Waals surface area contributed by atoms with Gasteiger partial charge in [-0.2, -0.15) is 0 Å². The Bertz CT molecular complexity index is 966. The summed E-state index contributed by atoms with van der Waals surface area (Å²) in [4.78, 5) is 29.5. The van der Waals surface area contributed by atoms with Crippen LogP contribution in [0.3, 0.4) is 0 Å². The number of benzene rings is 1. The molecule has 0 saturated carbocycles. The van der Waals surface area contributed by atoms with Crippen LogP contribution in [-0.2, 0) is 31.5 Å². The number of nitrogens with zero attached hydrogens (tertiary/aromatic N) is 3. The first-order valence-electron chi connectivity index (χ1n) is 11.0. The van der Waals surface area contributed by atoms with Gasteiger partial charge in [0.2, 0.25) is 5.91 Å². The Kier molecular flexibility index (Phi) is 8.54. The average molecular weight is 437 g/mol. The van der Waals surface area contributed by atoms with E-state index in [4.69, 9.17) is 4.42 Å². The van der Waals surface area contributed by atoms with Crippen molar-refractivity contribution >= 4 is 11.9 Å². The van der Waals surface area contributed by atoms with Gasteiger partial charge in [0.15, 0.2) is 0 Å². The Labute approximate surface area is 189 Å². The first-order valence-corrected chi connectivity index (χ1v) is 11.0. The quantitative estimate of drug-likeness (QED) is 0.491. The van der Waals surface area contributed by atoms with E-state index in [1.807, 2.05) is 72.4 Å². The van der Waals surface area contributed by atoms with Crippen LogP contribution in [0.5, 0.6) is 0 Å². The molecule has 0 fully saturated rings. The zero-order valence-electron chi connectivity index (χ0n) is 18.9. The Morgan fingerprint density at radius 3 is 2.47 bits per heavy atom. The second kappa shape index (κ2) is 11.8. The monoisotopic (exact) mass is 436 g/mol. The zero-order chi connectivity index (χ0) is 22.8. The van der Waals surface area contributed by atoms with Crippen molar-refractivity contribution in [2.45, 2.75) is 39.4 Å².